The van der Waals surface area contributed by atoms with Crippen molar-refractivity contribution in [2.24, 2.45) is 0 Å². The standard InChI is InChI=1S/C54H41NS/c1-53(2)44-24-9-5-19-39(44)43-33-35(30-31-46(43)53)37-18-7-11-27-48(37)55(49-28-15-26-47-51(49)42-21-6-10-25-45(42)54(47,3)4)36-17-13-16-34(32-36)38-22-14-23-41-40-20-8-12-29-50(40)56-52(38)41/h5-33H,1-4H3. The molecular weight excluding hydrogens is 695 g/mol. The monoisotopic (exact) mass is 735 g/mol. The molecule has 2 heteroatoms. The number of nitrogens with zero attached hydrogens (tertiary/aromatic N) is 1. The number of para-hydroxylation sites is 1. The number of rotatable bonds is 5. The molecule has 0 atom stereocenters. The number of fused-ring (bicyclic) bond motifs is 9. The highest BCUT2D eigenvalue weighted by Gasteiger charge is 2.38. The van der Waals surface area contributed by atoms with Gasteiger partial charge in [-0.15, -0.1) is 11.3 Å². The molecule has 0 aliphatic heterocycles. The molecule has 0 N–H and O–H groups in total. The fourth-order valence-electron chi connectivity index (χ4n) is 9.92. The lowest BCUT2D eigenvalue weighted by atomic mass is 9.82. The average molecular weight is 736 g/mol. The molecule has 1 nitrogen and oxygen atoms in total. The van der Waals surface area contributed by atoms with Gasteiger partial charge < -0.3 is 4.90 Å². The van der Waals surface area contributed by atoms with Gasteiger partial charge in [-0.05, 0) is 92.0 Å². The van der Waals surface area contributed by atoms with Gasteiger partial charge in [0.25, 0.3) is 0 Å². The molecule has 11 rings (SSSR count). The van der Waals surface area contributed by atoms with E-state index in [9.17, 15) is 0 Å². The van der Waals surface area contributed by atoms with Crippen LogP contribution in [-0.2, 0) is 10.8 Å². The van der Waals surface area contributed by atoms with Gasteiger partial charge in [0.15, 0.2) is 0 Å². The molecule has 268 valence electrons. The van der Waals surface area contributed by atoms with Gasteiger partial charge in [-0.2, -0.15) is 0 Å². The highest BCUT2D eigenvalue weighted by Crippen LogP contribution is 2.56. The largest absolute Gasteiger partial charge is 0.309 e. The molecule has 0 amide bonds. The zero-order valence-corrected chi connectivity index (χ0v) is 32.9. The molecule has 0 fully saturated rings. The van der Waals surface area contributed by atoms with Gasteiger partial charge in [0.2, 0.25) is 0 Å². The third-order valence-electron chi connectivity index (χ3n) is 12.7. The van der Waals surface area contributed by atoms with Crippen LogP contribution in [-0.4, -0.2) is 0 Å². The van der Waals surface area contributed by atoms with E-state index in [4.69, 9.17) is 0 Å². The summed E-state index contributed by atoms with van der Waals surface area (Å²) in [6.07, 6.45) is 0. The number of thiophene rings is 1. The number of hydrogen-bond donors (Lipinski definition) is 0. The Hall–Kier alpha value is -6.22. The molecule has 2 aliphatic rings. The van der Waals surface area contributed by atoms with E-state index in [0.717, 1.165) is 11.4 Å². The van der Waals surface area contributed by atoms with E-state index in [1.807, 2.05) is 11.3 Å². The molecular formula is C54H41NS. The van der Waals surface area contributed by atoms with Gasteiger partial charge in [0, 0.05) is 47.8 Å². The van der Waals surface area contributed by atoms with Gasteiger partial charge in [-0.3, -0.25) is 0 Å². The Labute approximate surface area is 333 Å². The molecule has 1 aromatic heterocycles. The lowest BCUT2D eigenvalue weighted by molar-refractivity contribution is 0.660. The third-order valence-corrected chi connectivity index (χ3v) is 13.9. The number of benzene rings is 8. The molecule has 1 heterocycles. The van der Waals surface area contributed by atoms with Crippen molar-refractivity contribution in [2.75, 3.05) is 4.90 Å². The van der Waals surface area contributed by atoms with E-state index in [1.54, 1.807) is 0 Å². The molecule has 0 radical (unpaired) electrons. The van der Waals surface area contributed by atoms with E-state index >= 15 is 0 Å². The molecule has 0 bridgehead atoms. The van der Waals surface area contributed by atoms with Gasteiger partial charge >= 0.3 is 0 Å². The Morgan fingerprint density at radius 2 is 0.964 bits per heavy atom. The van der Waals surface area contributed by atoms with E-state index < -0.39 is 0 Å². The Kier molecular flexibility index (Phi) is 7.18. The van der Waals surface area contributed by atoms with Crippen LogP contribution in [0.4, 0.5) is 17.1 Å². The average Bonchev–Trinajstić information content (AvgIpc) is 3.81. The zero-order chi connectivity index (χ0) is 37.8. The van der Waals surface area contributed by atoms with Crippen LogP contribution in [0.1, 0.15) is 49.9 Å². The van der Waals surface area contributed by atoms with Crippen molar-refractivity contribution < 1.29 is 0 Å². The van der Waals surface area contributed by atoms with Gasteiger partial charge in [-0.25, -0.2) is 0 Å². The lowest BCUT2D eigenvalue weighted by Crippen LogP contribution is -2.16. The predicted molar refractivity (Wildman–Crippen MR) is 240 cm³/mol. The molecule has 0 saturated heterocycles. The molecule has 2 aliphatic carbocycles. The molecule has 9 aromatic rings. The summed E-state index contributed by atoms with van der Waals surface area (Å²) in [5.41, 5.74) is 19.0. The summed E-state index contributed by atoms with van der Waals surface area (Å²) in [5.74, 6) is 0. The van der Waals surface area contributed by atoms with Crippen molar-refractivity contribution in [1.82, 2.24) is 0 Å². The summed E-state index contributed by atoms with van der Waals surface area (Å²) in [4.78, 5) is 2.53. The molecule has 0 saturated carbocycles. The lowest BCUT2D eigenvalue weighted by Gasteiger charge is -2.31. The highest BCUT2D eigenvalue weighted by atomic mass is 32.1. The number of anilines is 3. The van der Waals surface area contributed by atoms with Crippen molar-refractivity contribution >= 4 is 48.6 Å². The van der Waals surface area contributed by atoms with Gasteiger partial charge in [0.05, 0.1) is 11.4 Å². The minimum Gasteiger partial charge on any atom is -0.309 e. The summed E-state index contributed by atoms with van der Waals surface area (Å²) < 4.78 is 2.65. The van der Waals surface area contributed by atoms with Crippen LogP contribution >= 0.6 is 11.3 Å². The summed E-state index contributed by atoms with van der Waals surface area (Å²) in [6, 6.07) is 65.8. The maximum atomic E-state index is 2.53. The second-order valence-corrected chi connectivity index (χ2v) is 17.5. The second-order valence-electron chi connectivity index (χ2n) is 16.5. The molecule has 8 aromatic carbocycles. The quantitative estimate of drug-likeness (QED) is 0.170. The van der Waals surface area contributed by atoms with Gasteiger partial charge in [-0.1, -0.05) is 167 Å². The minimum atomic E-state index is -0.119. The predicted octanol–water partition coefficient (Wildman–Crippen LogP) is 15.5. The Morgan fingerprint density at radius 3 is 1.82 bits per heavy atom. The normalized spacial score (nSPS) is 14.4. The van der Waals surface area contributed by atoms with E-state index in [1.165, 1.54) is 92.6 Å². The first-order valence-corrected chi connectivity index (χ1v) is 20.5. The highest BCUT2D eigenvalue weighted by molar-refractivity contribution is 7.26. The van der Waals surface area contributed by atoms with E-state index in [2.05, 4.69) is 209 Å². The van der Waals surface area contributed by atoms with Crippen molar-refractivity contribution in [3.05, 3.63) is 198 Å². The topological polar surface area (TPSA) is 3.24 Å². The summed E-state index contributed by atoms with van der Waals surface area (Å²) in [5, 5.41) is 2.64. The van der Waals surface area contributed by atoms with Crippen molar-refractivity contribution in [2.45, 2.75) is 38.5 Å². The van der Waals surface area contributed by atoms with Crippen LogP contribution in [0.5, 0.6) is 0 Å². The van der Waals surface area contributed by atoms with Crippen LogP contribution in [0.2, 0.25) is 0 Å². The molecule has 56 heavy (non-hydrogen) atoms. The minimum absolute atomic E-state index is 0.0431. The van der Waals surface area contributed by atoms with Crippen molar-refractivity contribution in [1.29, 1.82) is 0 Å². The van der Waals surface area contributed by atoms with Crippen LogP contribution in [0, 0.1) is 0 Å². The van der Waals surface area contributed by atoms with Crippen LogP contribution in [0.15, 0.2) is 176 Å². The molecule has 0 unspecified atom stereocenters. The first-order valence-electron chi connectivity index (χ1n) is 19.7. The Morgan fingerprint density at radius 1 is 0.393 bits per heavy atom. The van der Waals surface area contributed by atoms with Crippen molar-refractivity contribution in [3.63, 3.8) is 0 Å². The van der Waals surface area contributed by atoms with E-state index in [-0.39, 0.29) is 10.8 Å². The fourth-order valence-corrected chi connectivity index (χ4v) is 11.2. The zero-order valence-electron chi connectivity index (χ0n) is 32.1. The van der Waals surface area contributed by atoms with E-state index in [0.29, 0.717) is 0 Å². The van der Waals surface area contributed by atoms with Crippen LogP contribution < -0.4 is 4.90 Å². The third kappa shape index (κ3) is 4.72. The van der Waals surface area contributed by atoms with Crippen LogP contribution in [0.25, 0.3) is 64.7 Å². The fraction of sp³-hybridized carbons (Fsp3) is 0.111. The summed E-state index contributed by atoms with van der Waals surface area (Å²) in [6.45, 7) is 9.45. The SMILES string of the molecule is CC1(C)c2ccccc2-c2cc(-c3ccccc3N(c3cccc(-c4cccc5c4sc4ccccc45)c3)c3cccc4c3-c3ccccc3C4(C)C)ccc21. The summed E-state index contributed by atoms with van der Waals surface area (Å²) >= 11 is 1.89. The summed E-state index contributed by atoms with van der Waals surface area (Å²) in [7, 11) is 0. The Balaban J connectivity index is 1.16. The first kappa shape index (κ1) is 33.1. The number of hydrogen-bond acceptors (Lipinski definition) is 2. The molecule has 0 spiro atoms. The maximum absolute atomic E-state index is 2.53. The van der Waals surface area contributed by atoms with Gasteiger partial charge in [0.1, 0.15) is 0 Å². The first-order chi connectivity index (χ1) is 27.3. The maximum Gasteiger partial charge on any atom is 0.0543 e. The second kappa shape index (κ2) is 12.1. The van der Waals surface area contributed by atoms with Crippen LogP contribution in [0.3, 0.4) is 0 Å². The smallest absolute Gasteiger partial charge is 0.0543 e. The van der Waals surface area contributed by atoms with Crippen molar-refractivity contribution in [3.8, 4) is 44.5 Å². The Bertz CT molecular complexity index is 3050.